The minimum absolute atomic E-state index is 0.0115. The van der Waals surface area contributed by atoms with Crippen LogP contribution in [0.2, 0.25) is 5.02 Å². The van der Waals surface area contributed by atoms with Gasteiger partial charge >= 0.3 is 17.6 Å². The molecule has 7 nitrogen and oxygen atoms in total. The largest absolute Gasteiger partial charge is 0.463 e. The van der Waals surface area contributed by atoms with Gasteiger partial charge < -0.3 is 18.6 Å². The van der Waals surface area contributed by atoms with Gasteiger partial charge in [-0.2, -0.15) is 0 Å². The van der Waals surface area contributed by atoms with Crippen molar-refractivity contribution in [2.75, 3.05) is 0 Å². The average molecular weight is 607 g/mol. The van der Waals surface area contributed by atoms with Crippen molar-refractivity contribution in [1.82, 2.24) is 0 Å². The summed E-state index contributed by atoms with van der Waals surface area (Å²) in [4.78, 5) is 36.8. The number of rotatable bonds is 5. The van der Waals surface area contributed by atoms with Gasteiger partial charge in [0.2, 0.25) is 0 Å². The summed E-state index contributed by atoms with van der Waals surface area (Å²) < 4.78 is 24.1. The van der Waals surface area contributed by atoms with Crippen LogP contribution in [0.4, 0.5) is 0 Å². The molecule has 0 radical (unpaired) electrons. The Labute approximate surface area is 256 Å². The standard InChI is InChI=1S/C35H39ClO7/c1-20(37)41-25-14-16-33(2)23(18-25)8-11-27-26(33)15-17-34(3)30(22-7-13-28(38)40-19-22)31(32-35(27,34)43-32)42-29(39)12-6-21-4-9-24(36)10-5-21/h4-7,9-10,12-13,19,23,25-27,30-32H,8,11,14-18H2,1-3H3/b12-6+/t23-,25+,26+,27-,30+,31-,32-,33+,34-,35-/m1/s1. The molecular weight excluding hydrogens is 568 g/mol. The van der Waals surface area contributed by atoms with E-state index in [0.29, 0.717) is 22.8 Å². The molecule has 2 aromatic rings. The van der Waals surface area contributed by atoms with Gasteiger partial charge in [0.25, 0.3) is 0 Å². The number of hydrogen-bond acceptors (Lipinski definition) is 7. The van der Waals surface area contributed by atoms with Gasteiger partial charge in [-0.25, -0.2) is 9.59 Å². The first-order valence-electron chi connectivity index (χ1n) is 15.6. The highest BCUT2D eigenvalue weighted by Crippen LogP contribution is 2.78. The van der Waals surface area contributed by atoms with Crippen LogP contribution >= 0.6 is 11.6 Å². The molecule has 7 rings (SSSR count). The Bertz CT molecular complexity index is 1490. The summed E-state index contributed by atoms with van der Waals surface area (Å²) >= 11 is 6.01. The molecule has 0 amide bonds. The van der Waals surface area contributed by atoms with Crippen LogP contribution in [-0.4, -0.2) is 35.9 Å². The summed E-state index contributed by atoms with van der Waals surface area (Å²) in [6.45, 7) is 6.25. The predicted octanol–water partition coefficient (Wildman–Crippen LogP) is 6.72. The molecule has 1 aromatic heterocycles. The first-order chi connectivity index (χ1) is 20.5. The molecule has 228 valence electrons. The summed E-state index contributed by atoms with van der Waals surface area (Å²) in [5.74, 6) is 0.560. The summed E-state index contributed by atoms with van der Waals surface area (Å²) in [7, 11) is 0. The van der Waals surface area contributed by atoms with Crippen LogP contribution in [0.3, 0.4) is 0 Å². The fourth-order valence-corrected chi connectivity index (χ4v) is 10.3. The topological polar surface area (TPSA) is 95.3 Å². The molecule has 1 saturated heterocycles. The molecule has 2 heterocycles. The number of hydrogen-bond donors (Lipinski definition) is 0. The Morgan fingerprint density at radius 3 is 2.49 bits per heavy atom. The summed E-state index contributed by atoms with van der Waals surface area (Å²) in [5, 5.41) is 0.633. The van der Waals surface area contributed by atoms with E-state index in [-0.39, 0.29) is 34.9 Å². The molecule has 1 aliphatic heterocycles. The normalized spacial score (nSPS) is 41.0. The molecule has 43 heavy (non-hydrogen) atoms. The second-order valence-electron chi connectivity index (χ2n) is 13.9. The maximum atomic E-state index is 13.3. The van der Waals surface area contributed by atoms with Gasteiger partial charge in [0.05, 0.1) is 6.26 Å². The molecule has 8 heteroatoms. The zero-order valence-electron chi connectivity index (χ0n) is 24.9. The van der Waals surface area contributed by atoms with E-state index in [1.54, 1.807) is 24.5 Å². The van der Waals surface area contributed by atoms with Gasteiger partial charge in [-0.15, -0.1) is 0 Å². The fraction of sp³-hybridized carbons (Fsp3) is 0.571. The lowest BCUT2D eigenvalue weighted by Gasteiger charge is -2.61. The zero-order valence-corrected chi connectivity index (χ0v) is 25.7. The van der Waals surface area contributed by atoms with E-state index in [4.69, 9.17) is 30.2 Å². The second kappa shape index (κ2) is 10.3. The molecule has 1 aromatic carbocycles. The van der Waals surface area contributed by atoms with Crippen LogP contribution in [0, 0.1) is 28.6 Å². The first-order valence-corrected chi connectivity index (χ1v) is 16.0. The SMILES string of the molecule is CC(=O)O[C@H]1CC[C@@]2(C)[C@H](CC[C@@H]3[C@@H]2CC[C@]2(C)[C@@H](c4ccc(=O)oc4)[C@@H](OC(=O)/C=C/c4ccc(Cl)cc4)[C@H]4O[C@]342)C1. The van der Waals surface area contributed by atoms with Gasteiger partial charge in [0, 0.05) is 35.4 Å². The van der Waals surface area contributed by atoms with Crippen LogP contribution in [0.5, 0.6) is 0 Å². The van der Waals surface area contributed by atoms with Gasteiger partial charge in [-0.1, -0.05) is 37.6 Å². The maximum Gasteiger partial charge on any atom is 0.335 e. The molecule has 5 aliphatic rings. The van der Waals surface area contributed by atoms with E-state index in [9.17, 15) is 14.4 Å². The Hall–Kier alpha value is -2.90. The third-order valence-electron chi connectivity index (χ3n) is 12.0. The first kappa shape index (κ1) is 28.8. The van der Waals surface area contributed by atoms with Crippen molar-refractivity contribution in [3.8, 4) is 0 Å². The summed E-state index contributed by atoms with van der Waals surface area (Å²) in [5.41, 5.74) is 0.783. The van der Waals surface area contributed by atoms with Crippen molar-refractivity contribution in [2.24, 2.45) is 28.6 Å². The highest BCUT2D eigenvalue weighted by atomic mass is 35.5. The van der Waals surface area contributed by atoms with Crippen molar-refractivity contribution in [3.63, 3.8) is 0 Å². The van der Waals surface area contributed by atoms with Crippen LogP contribution in [0.25, 0.3) is 6.08 Å². The van der Waals surface area contributed by atoms with E-state index >= 15 is 0 Å². The van der Waals surface area contributed by atoms with Crippen molar-refractivity contribution < 1.29 is 28.2 Å². The number of halogens is 1. The zero-order chi connectivity index (χ0) is 30.1. The van der Waals surface area contributed by atoms with E-state index < -0.39 is 23.3 Å². The number of carbonyl (C=O) groups excluding carboxylic acids is 2. The van der Waals surface area contributed by atoms with E-state index in [1.807, 2.05) is 18.2 Å². The van der Waals surface area contributed by atoms with Gasteiger partial charge in [-0.3, -0.25) is 4.79 Å². The van der Waals surface area contributed by atoms with Crippen LogP contribution in [0.15, 0.2) is 57.9 Å². The molecule has 0 bridgehead atoms. The minimum Gasteiger partial charge on any atom is -0.463 e. The Balaban J connectivity index is 1.18. The van der Waals surface area contributed by atoms with Gasteiger partial charge in [0.1, 0.15) is 23.9 Å². The van der Waals surface area contributed by atoms with Gasteiger partial charge in [-0.05, 0) is 104 Å². The quantitative estimate of drug-likeness (QED) is 0.212. The Morgan fingerprint density at radius 2 is 1.77 bits per heavy atom. The number of fused-ring (bicyclic) bond motifs is 3. The number of ether oxygens (including phenoxy) is 3. The third-order valence-corrected chi connectivity index (χ3v) is 12.3. The molecule has 5 fully saturated rings. The number of benzene rings is 1. The molecule has 4 aliphatic carbocycles. The Morgan fingerprint density at radius 1 is 0.977 bits per heavy atom. The van der Waals surface area contributed by atoms with E-state index in [2.05, 4.69) is 13.8 Å². The summed E-state index contributed by atoms with van der Waals surface area (Å²) in [6.07, 6.45) is 11.0. The number of carbonyl (C=O) groups is 2. The smallest absolute Gasteiger partial charge is 0.335 e. The predicted molar refractivity (Wildman–Crippen MR) is 160 cm³/mol. The van der Waals surface area contributed by atoms with Crippen molar-refractivity contribution in [2.45, 2.75) is 95.5 Å². The number of epoxide rings is 1. The van der Waals surface area contributed by atoms with Crippen LogP contribution < -0.4 is 5.63 Å². The highest BCUT2D eigenvalue weighted by molar-refractivity contribution is 6.30. The molecule has 10 atom stereocenters. The van der Waals surface area contributed by atoms with Gasteiger partial charge in [0.15, 0.2) is 0 Å². The fourth-order valence-electron chi connectivity index (χ4n) is 10.1. The lowest BCUT2D eigenvalue weighted by Crippen LogP contribution is -2.58. The van der Waals surface area contributed by atoms with E-state index in [1.165, 1.54) is 19.1 Å². The average Bonchev–Trinajstić information content (AvgIpc) is 3.68. The lowest BCUT2D eigenvalue weighted by atomic mass is 9.44. The molecule has 1 spiro atoms. The lowest BCUT2D eigenvalue weighted by molar-refractivity contribution is -0.166. The number of esters is 2. The molecule has 0 N–H and O–H groups in total. The second-order valence-corrected chi connectivity index (χ2v) is 14.4. The highest BCUT2D eigenvalue weighted by Gasteiger charge is 2.84. The van der Waals surface area contributed by atoms with Crippen LogP contribution in [-0.2, 0) is 23.8 Å². The van der Waals surface area contributed by atoms with Crippen molar-refractivity contribution in [1.29, 1.82) is 0 Å². The maximum absolute atomic E-state index is 13.3. The molecular formula is C35H39ClO7. The van der Waals surface area contributed by atoms with Crippen LogP contribution in [0.1, 0.15) is 82.8 Å². The van der Waals surface area contributed by atoms with Crippen molar-refractivity contribution >= 4 is 29.6 Å². The summed E-state index contributed by atoms with van der Waals surface area (Å²) in [6, 6.07) is 10.5. The monoisotopic (exact) mass is 606 g/mol. The van der Waals surface area contributed by atoms with E-state index in [0.717, 1.165) is 56.1 Å². The Kier molecular flexibility index (Phi) is 6.93. The minimum atomic E-state index is -0.496. The molecule has 4 saturated carbocycles. The molecule has 0 unspecified atom stereocenters. The third kappa shape index (κ3) is 4.52. The van der Waals surface area contributed by atoms with Crippen molar-refractivity contribution in [3.05, 3.63) is 75.3 Å².